The van der Waals surface area contributed by atoms with Crippen LogP contribution in [0.4, 0.5) is 0 Å². The number of ether oxygens (including phenoxy) is 1. The van der Waals surface area contributed by atoms with Crippen LogP contribution in [-0.2, 0) is 4.74 Å². The van der Waals surface area contributed by atoms with E-state index in [1.165, 1.54) is 70.9 Å². The summed E-state index contributed by atoms with van der Waals surface area (Å²) in [4.78, 5) is 2.62. The van der Waals surface area contributed by atoms with Crippen molar-refractivity contribution in [3.8, 4) is 0 Å². The van der Waals surface area contributed by atoms with E-state index >= 15 is 0 Å². The van der Waals surface area contributed by atoms with Crippen molar-refractivity contribution < 1.29 is 4.74 Å². The Morgan fingerprint density at radius 3 is 2.74 bits per heavy atom. The predicted octanol–water partition coefficient (Wildman–Crippen LogP) is 2.55. The van der Waals surface area contributed by atoms with Crippen LogP contribution in [-0.4, -0.2) is 49.3 Å². The number of piperidine rings is 1. The van der Waals surface area contributed by atoms with Crippen molar-refractivity contribution in [3.63, 3.8) is 0 Å². The molecule has 3 rings (SSSR count). The van der Waals surface area contributed by atoms with Gasteiger partial charge in [-0.05, 0) is 52.1 Å². The Kier molecular flexibility index (Phi) is 4.45. The zero-order chi connectivity index (χ0) is 13.1. The summed E-state index contributed by atoms with van der Waals surface area (Å²) < 4.78 is 6.15. The normalized spacial score (nSPS) is 35.1. The smallest absolute Gasteiger partial charge is 0.0697 e. The lowest BCUT2D eigenvalue weighted by Crippen LogP contribution is -2.50. The second-order valence-corrected chi connectivity index (χ2v) is 6.97. The van der Waals surface area contributed by atoms with Gasteiger partial charge in [0.2, 0.25) is 0 Å². The molecule has 3 aliphatic rings. The van der Waals surface area contributed by atoms with Gasteiger partial charge < -0.3 is 15.0 Å². The maximum atomic E-state index is 6.15. The van der Waals surface area contributed by atoms with E-state index in [9.17, 15) is 0 Å². The van der Waals surface area contributed by atoms with Crippen LogP contribution in [0.2, 0.25) is 0 Å². The topological polar surface area (TPSA) is 24.5 Å². The molecule has 2 unspecified atom stereocenters. The fourth-order valence-electron chi connectivity index (χ4n) is 4.32. The summed E-state index contributed by atoms with van der Waals surface area (Å²) in [6, 6.07) is 1.47. The van der Waals surface area contributed by atoms with E-state index in [1.54, 1.807) is 0 Å². The van der Waals surface area contributed by atoms with Crippen LogP contribution in [0.25, 0.3) is 0 Å². The maximum absolute atomic E-state index is 6.15. The zero-order valence-corrected chi connectivity index (χ0v) is 12.5. The molecule has 2 aliphatic heterocycles. The quantitative estimate of drug-likeness (QED) is 0.849. The largest absolute Gasteiger partial charge is 0.375 e. The number of hydrogen-bond donors (Lipinski definition) is 1. The van der Waals surface area contributed by atoms with Gasteiger partial charge in [-0.1, -0.05) is 19.3 Å². The van der Waals surface area contributed by atoms with Crippen LogP contribution in [0.5, 0.6) is 0 Å². The van der Waals surface area contributed by atoms with E-state index in [4.69, 9.17) is 4.74 Å². The third-order valence-electron chi connectivity index (χ3n) is 5.53. The molecule has 0 radical (unpaired) electrons. The van der Waals surface area contributed by atoms with Gasteiger partial charge in [-0.25, -0.2) is 0 Å². The summed E-state index contributed by atoms with van der Waals surface area (Å²) in [6.07, 6.45) is 12.0. The second kappa shape index (κ2) is 6.11. The highest BCUT2D eigenvalue weighted by molar-refractivity contribution is 4.94. The summed E-state index contributed by atoms with van der Waals surface area (Å²) in [5.74, 6) is 0. The standard InChI is InChI=1S/C16H30N2O/c1-18(13-14-6-2-5-10-17-14)15-7-11-19-16(12-15)8-3-4-9-16/h14-15,17H,2-13H2,1H3. The summed E-state index contributed by atoms with van der Waals surface area (Å²) in [5, 5.41) is 3.68. The van der Waals surface area contributed by atoms with Crippen molar-refractivity contribution in [3.05, 3.63) is 0 Å². The van der Waals surface area contributed by atoms with Crippen LogP contribution < -0.4 is 5.32 Å². The molecule has 2 heterocycles. The molecule has 1 N–H and O–H groups in total. The minimum absolute atomic E-state index is 0.261. The predicted molar refractivity (Wildman–Crippen MR) is 78.4 cm³/mol. The Morgan fingerprint density at radius 1 is 1.16 bits per heavy atom. The monoisotopic (exact) mass is 266 g/mol. The zero-order valence-electron chi connectivity index (χ0n) is 12.5. The van der Waals surface area contributed by atoms with E-state index in [-0.39, 0.29) is 5.60 Å². The summed E-state index contributed by atoms with van der Waals surface area (Å²) in [6.45, 7) is 3.42. The van der Waals surface area contributed by atoms with Crippen molar-refractivity contribution in [1.29, 1.82) is 0 Å². The van der Waals surface area contributed by atoms with Gasteiger partial charge in [-0.2, -0.15) is 0 Å². The first-order valence-corrected chi connectivity index (χ1v) is 8.35. The molecular weight excluding hydrogens is 236 g/mol. The van der Waals surface area contributed by atoms with Crippen molar-refractivity contribution in [1.82, 2.24) is 10.2 Å². The molecule has 3 fully saturated rings. The average Bonchev–Trinajstić information content (AvgIpc) is 2.88. The number of nitrogens with zero attached hydrogens (tertiary/aromatic N) is 1. The molecule has 1 spiro atoms. The highest BCUT2D eigenvalue weighted by Crippen LogP contribution is 2.41. The summed E-state index contributed by atoms with van der Waals surface area (Å²) in [7, 11) is 2.33. The molecule has 110 valence electrons. The SMILES string of the molecule is CN(CC1CCCCN1)C1CCOC2(CCCC2)C1. The van der Waals surface area contributed by atoms with Crippen molar-refractivity contribution >= 4 is 0 Å². The molecule has 3 heteroatoms. The van der Waals surface area contributed by atoms with Gasteiger partial charge in [-0.15, -0.1) is 0 Å². The third-order valence-corrected chi connectivity index (χ3v) is 5.53. The third kappa shape index (κ3) is 3.32. The molecule has 0 bridgehead atoms. The molecule has 1 aliphatic carbocycles. The highest BCUT2D eigenvalue weighted by atomic mass is 16.5. The Labute approximate surface area is 118 Å². The minimum atomic E-state index is 0.261. The van der Waals surface area contributed by atoms with Gasteiger partial charge >= 0.3 is 0 Å². The Balaban J connectivity index is 1.52. The molecule has 0 aromatic heterocycles. The molecular formula is C16H30N2O. The fraction of sp³-hybridized carbons (Fsp3) is 1.00. The lowest BCUT2D eigenvalue weighted by Gasteiger charge is -2.43. The second-order valence-electron chi connectivity index (χ2n) is 6.97. The maximum Gasteiger partial charge on any atom is 0.0697 e. The van der Waals surface area contributed by atoms with Gasteiger partial charge in [0.1, 0.15) is 0 Å². The van der Waals surface area contributed by atoms with Crippen molar-refractivity contribution in [2.45, 2.75) is 75.5 Å². The van der Waals surface area contributed by atoms with Crippen LogP contribution in [0.1, 0.15) is 57.8 Å². The van der Waals surface area contributed by atoms with E-state index in [1.807, 2.05) is 0 Å². The average molecular weight is 266 g/mol. The number of rotatable bonds is 3. The van der Waals surface area contributed by atoms with E-state index in [0.29, 0.717) is 0 Å². The summed E-state index contributed by atoms with van der Waals surface area (Å²) in [5.41, 5.74) is 0.261. The molecule has 2 atom stereocenters. The first kappa shape index (κ1) is 13.8. The fourth-order valence-corrected chi connectivity index (χ4v) is 4.32. The Morgan fingerprint density at radius 2 is 2.00 bits per heavy atom. The highest BCUT2D eigenvalue weighted by Gasteiger charge is 2.41. The molecule has 2 saturated heterocycles. The van der Waals surface area contributed by atoms with Crippen molar-refractivity contribution in [2.75, 3.05) is 26.7 Å². The number of likely N-dealkylation sites (N-methyl/N-ethyl adjacent to an activating group) is 1. The van der Waals surface area contributed by atoms with E-state index in [0.717, 1.165) is 18.7 Å². The first-order valence-electron chi connectivity index (χ1n) is 8.35. The van der Waals surface area contributed by atoms with Crippen LogP contribution in [0.15, 0.2) is 0 Å². The Bertz CT molecular complexity index is 282. The molecule has 0 aromatic carbocycles. The molecule has 0 aromatic rings. The Hall–Kier alpha value is -0.120. The van der Waals surface area contributed by atoms with Gasteiger partial charge in [0.15, 0.2) is 0 Å². The van der Waals surface area contributed by atoms with Crippen molar-refractivity contribution in [2.24, 2.45) is 0 Å². The lowest BCUT2D eigenvalue weighted by molar-refractivity contribution is -0.0995. The molecule has 1 saturated carbocycles. The van der Waals surface area contributed by atoms with Gasteiger partial charge in [0.25, 0.3) is 0 Å². The summed E-state index contributed by atoms with van der Waals surface area (Å²) >= 11 is 0. The van der Waals surface area contributed by atoms with E-state index in [2.05, 4.69) is 17.3 Å². The minimum Gasteiger partial charge on any atom is -0.375 e. The van der Waals surface area contributed by atoms with Gasteiger partial charge in [-0.3, -0.25) is 0 Å². The first-order chi connectivity index (χ1) is 9.27. The lowest BCUT2D eigenvalue weighted by atomic mass is 9.88. The van der Waals surface area contributed by atoms with E-state index < -0.39 is 0 Å². The molecule has 19 heavy (non-hydrogen) atoms. The number of hydrogen-bond acceptors (Lipinski definition) is 3. The number of nitrogens with one attached hydrogen (secondary N) is 1. The molecule has 0 amide bonds. The van der Waals surface area contributed by atoms with Crippen LogP contribution >= 0.6 is 0 Å². The van der Waals surface area contributed by atoms with Crippen LogP contribution in [0, 0.1) is 0 Å². The molecule has 3 nitrogen and oxygen atoms in total. The van der Waals surface area contributed by atoms with Crippen LogP contribution in [0.3, 0.4) is 0 Å². The van der Waals surface area contributed by atoms with Gasteiger partial charge in [0, 0.05) is 25.2 Å². The van der Waals surface area contributed by atoms with Gasteiger partial charge in [0.05, 0.1) is 5.60 Å².